The fourth-order valence-electron chi connectivity index (χ4n) is 3.50. The van der Waals surface area contributed by atoms with Crippen LogP contribution in [-0.2, 0) is 17.4 Å². The van der Waals surface area contributed by atoms with E-state index in [0.717, 1.165) is 22.2 Å². The van der Waals surface area contributed by atoms with Gasteiger partial charge in [0.25, 0.3) is 0 Å². The maximum Gasteiger partial charge on any atom is 0.208 e. The first-order valence-corrected chi connectivity index (χ1v) is 11.5. The predicted molar refractivity (Wildman–Crippen MR) is 127 cm³/mol. The summed E-state index contributed by atoms with van der Waals surface area (Å²) in [5.74, 6) is 0. The summed E-state index contributed by atoms with van der Waals surface area (Å²) in [6.45, 7) is 13.3. The third-order valence-electron chi connectivity index (χ3n) is 5.16. The third kappa shape index (κ3) is 4.47. The molecule has 4 rings (SSSR count). The molecule has 0 amide bonds. The van der Waals surface area contributed by atoms with Crippen molar-refractivity contribution in [3.8, 4) is 11.3 Å². The summed E-state index contributed by atoms with van der Waals surface area (Å²) in [5, 5.41) is 5.25. The molecule has 6 nitrogen and oxygen atoms in total. The van der Waals surface area contributed by atoms with Crippen molar-refractivity contribution >= 4 is 27.6 Å². The van der Waals surface area contributed by atoms with Gasteiger partial charge in [-0.05, 0) is 38.5 Å². The van der Waals surface area contributed by atoms with E-state index >= 15 is 0 Å². The van der Waals surface area contributed by atoms with Crippen LogP contribution in [0.3, 0.4) is 0 Å². The molecule has 0 saturated heterocycles. The molecule has 2 aromatic carbocycles. The van der Waals surface area contributed by atoms with Gasteiger partial charge in [0.15, 0.2) is 5.58 Å². The molecule has 162 valence electrons. The molecule has 0 radical (unpaired) electrons. The van der Waals surface area contributed by atoms with Crippen LogP contribution >= 0.6 is 0 Å². The lowest BCUT2D eigenvalue weighted by atomic mass is 9.94. The predicted octanol–water partition coefficient (Wildman–Crippen LogP) is 5.78. The van der Waals surface area contributed by atoms with Crippen molar-refractivity contribution in [1.29, 1.82) is 0 Å². The van der Waals surface area contributed by atoms with Crippen LogP contribution in [0.5, 0.6) is 0 Å². The lowest BCUT2D eigenvalue weighted by Crippen LogP contribution is -2.36. The molecule has 0 bridgehead atoms. The van der Waals surface area contributed by atoms with E-state index in [0.29, 0.717) is 23.4 Å². The Kier molecular flexibility index (Phi) is 6.17. The average molecular weight is 445 g/mol. The second-order valence-corrected chi connectivity index (χ2v) is 10.4. The highest BCUT2D eigenvalue weighted by atomic mass is 32.2. The molecule has 32 heavy (non-hydrogen) atoms. The zero-order chi connectivity index (χ0) is 22.7. The molecule has 0 saturated carbocycles. The topological polar surface area (TPSA) is 72.4 Å². The van der Waals surface area contributed by atoms with Gasteiger partial charge in [0.05, 0.1) is 22.3 Å². The molecular formula is C25H24N4O2S. The third-order valence-corrected chi connectivity index (χ3v) is 6.77. The van der Waals surface area contributed by atoms with Crippen LogP contribution in [0.25, 0.3) is 27.1 Å². The second kappa shape index (κ2) is 9.03. The van der Waals surface area contributed by atoms with Crippen LogP contribution < -0.4 is 4.72 Å². The van der Waals surface area contributed by atoms with Crippen molar-refractivity contribution in [2.45, 2.75) is 38.0 Å². The standard InChI is InChI=1S/C25H24N4O2S/c1-25(2,3)32(30)29-21(16-22-20(26-4)13-9-15-27-22)17-10-5-6-11-18(17)24-19-12-7-8-14-23(19)31-28-24/h5-15,21,29H,16H2,1-3H3/t21-,32-/m0/s1. The van der Waals surface area contributed by atoms with Gasteiger partial charge in [0.1, 0.15) is 5.69 Å². The van der Waals surface area contributed by atoms with Gasteiger partial charge in [0, 0.05) is 35.3 Å². The number of aromatic nitrogens is 2. The Hall–Kier alpha value is -3.34. The van der Waals surface area contributed by atoms with Gasteiger partial charge < -0.3 is 4.52 Å². The van der Waals surface area contributed by atoms with E-state index in [2.05, 4.69) is 19.7 Å². The highest BCUT2D eigenvalue weighted by Gasteiger charge is 2.27. The van der Waals surface area contributed by atoms with Gasteiger partial charge in [-0.15, -0.1) is 0 Å². The summed E-state index contributed by atoms with van der Waals surface area (Å²) in [6.07, 6.45) is 2.09. The second-order valence-electron chi connectivity index (χ2n) is 8.45. The smallest absolute Gasteiger partial charge is 0.208 e. The van der Waals surface area contributed by atoms with Crippen LogP contribution in [0.2, 0.25) is 0 Å². The van der Waals surface area contributed by atoms with E-state index in [-0.39, 0.29) is 6.04 Å². The molecule has 0 aliphatic heterocycles. The van der Waals surface area contributed by atoms with Crippen LogP contribution in [0.1, 0.15) is 38.1 Å². The Labute approximate surface area is 190 Å². The molecule has 0 spiro atoms. The van der Waals surface area contributed by atoms with Crippen molar-refractivity contribution in [2.75, 3.05) is 0 Å². The van der Waals surface area contributed by atoms with Crippen molar-refractivity contribution in [3.63, 3.8) is 0 Å². The number of para-hydroxylation sites is 1. The van der Waals surface area contributed by atoms with E-state index in [9.17, 15) is 4.21 Å². The molecule has 0 aliphatic rings. The van der Waals surface area contributed by atoms with Crippen molar-refractivity contribution in [2.24, 2.45) is 0 Å². The number of pyridine rings is 1. The molecule has 1 N–H and O–H groups in total. The van der Waals surface area contributed by atoms with Gasteiger partial charge >= 0.3 is 0 Å². The van der Waals surface area contributed by atoms with Crippen LogP contribution in [0.4, 0.5) is 5.69 Å². The quantitative estimate of drug-likeness (QED) is 0.383. The van der Waals surface area contributed by atoms with Gasteiger partial charge in [-0.25, -0.2) is 13.8 Å². The summed E-state index contributed by atoms with van der Waals surface area (Å²) in [6, 6.07) is 18.8. The molecule has 0 unspecified atom stereocenters. The number of benzene rings is 2. The normalized spacial score (nSPS) is 13.6. The zero-order valence-corrected chi connectivity index (χ0v) is 19.0. The Morgan fingerprint density at radius 2 is 1.84 bits per heavy atom. The molecule has 4 aromatic rings. The zero-order valence-electron chi connectivity index (χ0n) is 18.2. The van der Waals surface area contributed by atoms with Gasteiger partial charge in [0.2, 0.25) is 5.69 Å². The fourth-order valence-corrected chi connectivity index (χ4v) is 4.32. The lowest BCUT2D eigenvalue weighted by molar-refractivity contribution is 0.459. The molecule has 2 atom stereocenters. The van der Waals surface area contributed by atoms with Gasteiger partial charge in [-0.1, -0.05) is 53.7 Å². The maximum absolute atomic E-state index is 13.1. The maximum atomic E-state index is 13.1. The minimum Gasteiger partial charge on any atom is -0.356 e. The number of nitrogens with zero attached hydrogens (tertiary/aromatic N) is 3. The Morgan fingerprint density at radius 1 is 1.09 bits per heavy atom. The summed E-state index contributed by atoms with van der Waals surface area (Å²) >= 11 is 0. The number of hydrogen-bond donors (Lipinski definition) is 1. The first-order valence-electron chi connectivity index (χ1n) is 10.3. The highest BCUT2D eigenvalue weighted by molar-refractivity contribution is 7.84. The monoisotopic (exact) mass is 444 g/mol. The number of fused-ring (bicyclic) bond motifs is 1. The first kappa shape index (κ1) is 21.9. The van der Waals surface area contributed by atoms with Crippen molar-refractivity contribution in [3.05, 3.63) is 89.5 Å². The van der Waals surface area contributed by atoms with Crippen molar-refractivity contribution < 1.29 is 8.73 Å². The van der Waals surface area contributed by atoms with Crippen LogP contribution in [0.15, 0.2) is 71.4 Å². The average Bonchev–Trinajstić information content (AvgIpc) is 3.22. The first-order chi connectivity index (χ1) is 15.4. The number of hydrogen-bond acceptors (Lipinski definition) is 4. The number of nitrogens with one attached hydrogen (secondary N) is 1. The van der Waals surface area contributed by atoms with Gasteiger partial charge in [-0.3, -0.25) is 4.98 Å². The van der Waals surface area contributed by atoms with E-state index in [1.807, 2.05) is 69.3 Å². The summed E-state index contributed by atoms with van der Waals surface area (Å²) in [5.41, 5.74) is 4.40. The molecule has 2 heterocycles. The SMILES string of the molecule is [C-]#[N+]c1cccnc1C[C@H](N[S@@](=O)C(C)(C)C)c1ccccc1-c1noc2ccccc12. The Morgan fingerprint density at radius 3 is 2.62 bits per heavy atom. The molecule has 0 aliphatic carbocycles. The minimum absolute atomic E-state index is 0.350. The van der Waals surface area contributed by atoms with E-state index in [4.69, 9.17) is 11.1 Å². The molecule has 2 aromatic heterocycles. The van der Waals surface area contributed by atoms with E-state index in [1.165, 1.54) is 0 Å². The summed E-state index contributed by atoms with van der Waals surface area (Å²) < 4.78 is 21.5. The minimum atomic E-state index is -1.33. The lowest BCUT2D eigenvalue weighted by Gasteiger charge is -2.26. The van der Waals surface area contributed by atoms with Crippen LogP contribution in [-0.4, -0.2) is 19.1 Å². The van der Waals surface area contributed by atoms with Crippen molar-refractivity contribution in [1.82, 2.24) is 14.9 Å². The van der Waals surface area contributed by atoms with Crippen LogP contribution in [0, 0.1) is 6.57 Å². The Balaban J connectivity index is 1.83. The highest BCUT2D eigenvalue weighted by Crippen LogP contribution is 2.35. The molecule has 0 fully saturated rings. The molecule has 7 heteroatoms. The summed E-state index contributed by atoms with van der Waals surface area (Å²) in [7, 11) is -1.33. The van der Waals surface area contributed by atoms with E-state index in [1.54, 1.807) is 18.3 Å². The summed E-state index contributed by atoms with van der Waals surface area (Å²) in [4.78, 5) is 8.05. The largest absolute Gasteiger partial charge is 0.356 e. The number of rotatable bonds is 6. The van der Waals surface area contributed by atoms with E-state index < -0.39 is 15.7 Å². The molecular weight excluding hydrogens is 420 g/mol. The Bertz CT molecular complexity index is 1320. The fraction of sp³-hybridized carbons (Fsp3) is 0.240. The van der Waals surface area contributed by atoms with Gasteiger partial charge in [-0.2, -0.15) is 0 Å².